The van der Waals surface area contributed by atoms with Gasteiger partial charge in [-0.15, -0.1) is 0 Å². The minimum absolute atomic E-state index is 0.0972. The highest BCUT2D eigenvalue weighted by Crippen LogP contribution is 2.54. The quantitative estimate of drug-likeness (QED) is 0.710. The lowest BCUT2D eigenvalue weighted by atomic mass is 9.53. The zero-order valence-electron chi connectivity index (χ0n) is 11.3. The van der Waals surface area contributed by atoms with E-state index in [0.717, 1.165) is 31.3 Å². The van der Waals surface area contributed by atoms with Gasteiger partial charge in [0.25, 0.3) is 0 Å². The monoisotopic (exact) mass is 236 g/mol. The second-order valence-corrected chi connectivity index (χ2v) is 6.53. The first kappa shape index (κ1) is 12.8. The molecule has 2 heteroatoms. The third kappa shape index (κ3) is 1.97. The number of fused-ring (bicyclic) bond motifs is 1. The highest BCUT2D eigenvalue weighted by Gasteiger charge is 2.51. The van der Waals surface area contributed by atoms with Gasteiger partial charge in [-0.1, -0.05) is 20.4 Å². The van der Waals surface area contributed by atoms with Crippen molar-refractivity contribution in [2.24, 2.45) is 17.3 Å². The van der Waals surface area contributed by atoms with Crippen molar-refractivity contribution >= 4 is 5.78 Å². The number of aliphatic hydroxyl groups is 1. The van der Waals surface area contributed by atoms with Crippen LogP contribution in [0.5, 0.6) is 0 Å². The summed E-state index contributed by atoms with van der Waals surface area (Å²) in [5, 5.41) is 10.6. The molecular formula is C15H24O2. The topological polar surface area (TPSA) is 37.3 Å². The molecule has 0 aromatic heterocycles. The number of Topliss-reactive ketones (excluding diaryl/α,β-unsaturated/α-hetero) is 1. The molecule has 0 radical (unpaired) electrons. The number of ketones is 1. The Bertz CT molecular complexity index is 360. The highest BCUT2D eigenvalue weighted by molar-refractivity contribution is 5.82. The van der Waals surface area contributed by atoms with E-state index in [1.165, 1.54) is 0 Å². The van der Waals surface area contributed by atoms with Crippen molar-refractivity contribution in [2.45, 2.75) is 58.5 Å². The van der Waals surface area contributed by atoms with Crippen LogP contribution in [0.25, 0.3) is 0 Å². The van der Waals surface area contributed by atoms with Crippen molar-refractivity contribution in [2.75, 3.05) is 0 Å². The van der Waals surface area contributed by atoms with E-state index in [9.17, 15) is 9.90 Å². The smallest absolute Gasteiger partial charge is 0.136 e. The zero-order valence-corrected chi connectivity index (χ0v) is 11.3. The standard InChI is InChI=1S/C15H24O2/c1-10(2)15(17)8-7-14(4)6-5-13(16)11(3)12(14)9-15/h11-12,17H,1,5-9H2,2-4H3/t11-,12+,14+,15-/m1/s1. The molecule has 96 valence electrons. The van der Waals surface area contributed by atoms with Gasteiger partial charge in [0.05, 0.1) is 5.60 Å². The molecule has 0 bridgehead atoms. The second-order valence-electron chi connectivity index (χ2n) is 6.53. The van der Waals surface area contributed by atoms with Crippen LogP contribution in [-0.2, 0) is 4.79 Å². The fraction of sp³-hybridized carbons (Fsp3) is 0.800. The van der Waals surface area contributed by atoms with Gasteiger partial charge in [-0.2, -0.15) is 0 Å². The van der Waals surface area contributed by atoms with E-state index >= 15 is 0 Å². The van der Waals surface area contributed by atoms with Crippen LogP contribution >= 0.6 is 0 Å². The van der Waals surface area contributed by atoms with Crippen LogP contribution in [0.2, 0.25) is 0 Å². The number of rotatable bonds is 1. The fourth-order valence-corrected chi connectivity index (χ4v) is 3.73. The lowest BCUT2D eigenvalue weighted by molar-refractivity contribution is -0.138. The van der Waals surface area contributed by atoms with Crippen LogP contribution in [-0.4, -0.2) is 16.5 Å². The minimum atomic E-state index is -0.740. The molecule has 2 fully saturated rings. The lowest BCUT2D eigenvalue weighted by Crippen LogP contribution is -2.50. The first-order chi connectivity index (χ1) is 7.78. The first-order valence-corrected chi connectivity index (χ1v) is 6.70. The normalized spacial score (nSPS) is 46.5. The van der Waals surface area contributed by atoms with E-state index < -0.39 is 5.60 Å². The van der Waals surface area contributed by atoms with Crippen LogP contribution in [0.1, 0.15) is 52.9 Å². The number of hydrogen-bond acceptors (Lipinski definition) is 2. The summed E-state index contributed by atoms with van der Waals surface area (Å²) in [6, 6.07) is 0. The van der Waals surface area contributed by atoms with Crippen molar-refractivity contribution in [1.29, 1.82) is 0 Å². The van der Waals surface area contributed by atoms with Gasteiger partial charge in [0.2, 0.25) is 0 Å². The second kappa shape index (κ2) is 3.94. The van der Waals surface area contributed by atoms with Crippen molar-refractivity contribution in [3.05, 3.63) is 12.2 Å². The molecule has 0 saturated heterocycles. The molecule has 0 aromatic rings. The first-order valence-electron chi connectivity index (χ1n) is 6.70. The van der Waals surface area contributed by atoms with Crippen LogP contribution in [0.3, 0.4) is 0 Å². The maximum absolute atomic E-state index is 11.9. The molecule has 0 spiro atoms. The summed E-state index contributed by atoms with van der Waals surface area (Å²) in [7, 11) is 0. The summed E-state index contributed by atoms with van der Waals surface area (Å²) in [6.45, 7) is 10.1. The molecule has 2 nitrogen and oxygen atoms in total. The Kier molecular flexibility index (Phi) is 2.97. The van der Waals surface area contributed by atoms with Crippen LogP contribution in [0, 0.1) is 17.3 Å². The van der Waals surface area contributed by atoms with E-state index in [0.29, 0.717) is 18.1 Å². The average molecular weight is 236 g/mol. The van der Waals surface area contributed by atoms with Gasteiger partial charge >= 0.3 is 0 Å². The summed E-state index contributed by atoms with van der Waals surface area (Å²) in [5.41, 5.74) is 0.357. The SMILES string of the molecule is C=C(C)[C@@]1(O)CC[C@]2(C)CCC(=O)[C@H](C)[C@@H]2C1. The maximum Gasteiger partial charge on any atom is 0.136 e. The Labute approximate surface area is 104 Å². The van der Waals surface area contributed by atoms with Gasteiger partial charge in [0.15, 0.2) is 0 Å². The van der Waals surface area contributed by atoms with Crippen molar-refractivity contribution in [3.8, 4) is 0 Å². The van der Waals surface area contributed by atoms with Crippen molar-refractivity contribution in [1.82, 2.24) is 0 Å². The number of hydrogen-bond donors (Lipinski definition) is 1. The summed E-state index contributed by atoms with van der Waals surface area (Å²) in [5.74, 6) is 0.789. The molecule has 2 aliphatic rings. The molecule has 0 aromatic carbocycles. The van der Waals surface area contributed by atoms with E-state index in [4.69, 9.17) is 0 Å². The van der Waals surface area contributed by atoms with Crippen molar-refractivity contribution < 1.29 is 9.90 Å². The number of carbonyl (C=O) groups excluding carboxylic acids is 1. The van der Waals surface area contributed by atoms with Crippen LogP contribution < -0.4 is 0 Å². The third-order valence-electron chi connectivity index (χ3n) is 5.41. The Morgan fingerprint density at radius 2 is 2.06 bits per heavy atom. The molecule has 1 N–H and O–H groups in total. The zero-order chi connectivity index (χ0) is 12.8. The molecule has 2 saturated carbocycles. The van der Waals surface area contributed by atoms with Gasteiger partial charge in [-0.25, -0.2) is 0 Å². The lowest BCUT2D eigenvalue weighted by Gasteiger charge is -2.52. The Hall–Kier alpha value is -0.630. The molecule has 4 atom stereocenters. The molecule has 2 aliphatic carbocycles. The summed E-state index contributed by atoms with van der Waals surface area (Å²) < 4.78 is 0. The van der Waals surface area contributed by atoms with Gasteiger partial charge in [0.1, 0.15) is 5.78 Å². The predicted molar refractivity (Wildman–Crippen MR) is 68.6 cm³/mol. The summed E-state index contributed by atoms with van der Waals surface area (Å²) >= 11 is 0. The van der Waals surface area contributed by atoms with E-state index in [1.54, 1.807) is 0 Å². The van der Waals surface area contributed by atoms with Gasteiger partial charge in [0, 0.05) is 12.3 Å². The van der Waals surface area contributed by atoms with E-state index in [-0.39, 0.29) is 11.3 Å². The van der Waals surface area contributed by atoms with Crippen molar-refractivity contribution in [3.63, 3.8) is 0 Å². The van der Waals surface area contributed by atoms with Crippen LogP contribution in [0.4, 0.5) is 0 Å². The van der Waals surface area contributed by atoms with E-state index in [2.05, 4.69) is 13.5 Å². The fourth-order valence-electron chi connectivity index (χ4n) is 3.73. The highest BCUT2D eigenvalue weighted by atomic mass is 16.3. The Balaban J connectivity index is 2.27. The minimum Gasteiger partial charge on any atom is -0.386 e. The molecule has 0 amide bonds. The van der Waals surface area contributed by atoms with Crippen LogP contribution in [0.15, 0.2) is 12.2 Å². The molecule has 0 unspecified atom stereocenters. The van der Waals surface area contributed by atoms with Gasteiger partial charge in [-0.05, 0) is 49.5 Å². The van der Waals surface area contributed by atoms with E-state index in [1.807, 2.05) is 13.8 Å². The molecule has 0 aliphatic heterocycles. The summed E-state index contributed by atoms with van der Waals surface area (Å²) in [6.07, 6.45) is 4.24. The molecule has 2 rings (SSSR count). The average Bonchev–Trinajstić information content (AvgIpc) is 2.27. The third-order valence-corrected chi connectivity index (χ3v) is 5.41. The number of carbonyl (C=O) groups is 1. The maximum atomic E-state index is 11.9. The Morgan fingerprint density at radius 3 is 2.65 bits per heavy atom. The van der Waals surface area contributed by atoms with Gasteiger partial charge < -0.3 is 5.11 Å². The molecule has 0 heterocycles. The molecular weight excluding hydrogens is 212 g/mol. The largest absolute Gasteiger partial charge is 0.386 e. The predicted octanol–water partition coefficient (Wildman–Crippen LogP) is 3.10. The Morgan fingerprint density at radius 1 is 1.41 bits per heavy atom. The van der Waals surface area contributed by atoms with Gasteiger partial charge in [-0.3, -0.25) is 4.79 Å². The summed E-state index contributed by atoms with van der Waals surface area (Å²) in [4.78, 5) is 11.9. The molecule has 17 heavy (non-hydrogen) atoms.